The number of rotatable bonds is 3. The summed E-state index contributed by atoms with van der Waals surface area (Å²) < 4.78 is 5.68. The van der Waals surface area contributed by atoms with Crippen LogP contribution < -0.4 is 5.73 Å². The van der Waals surface area contributed by atoms with Gasteiger partial charge < -0.3 is 15.3 Å². The summed E-state index contributed by atoms with van der Waals surface area (Å²) >= 11 is 0. The van der Waals surface area contributed by atoms with E-state index in [1.165, 1.54) is 0 Å². The Labute approximate surface area is 102 Å². The SMILES string of the molecule is Cc1ccc(C(C(C)N)N2CCC(C)(O)C2)o1. The van der Waals surface area contributed by atoms with Crippen LogP contribution in [0.25, 0.3) is 0 Å². The number of hydrogen-bond donors (Lipinski definition) is 2. The van der Waals surface area contributed by atoms with E-state index in [-0.39, 0.29) is 12.1 Å². The van der Waals surface area contributed by atoms with Crippen LogP contribution in [0.4, 0.5) is 0 Å². The van der Waals surface area contributed by atoms with Crippen molar-refractivity contribution in [2.75, 3.05) is 13.1 Å². The van der Waals surface area contributed by atoms with Crippen molar-refractivity contribution in [2.24, 2.45) is 5.73 Å². The monoisotopic (exact) mass is 238 g/mol. The van der Waals surface area contributed by atoms with Crippen molar-refractivity contribution in [3.63, 3.8) is 0 Å². The third-order valence-corrected chi connectivity index (χ3v) is 3.43. The minimum atomic E-state index is -0.602. The molecule has 0 spiro atoms. The van der Waals surface area contributed by atoms with Crippen molar-refractivity contribution >= 4 is 0 Å². The minimum absolute atomic E-state index is 0.0190. The van der Waals surface area contributed by atoms with Gasteiger partial charge in [-0.05, 0) is 39.3 Å². The van der Waals surface area contributed by atoms with Gasteiger partial charge in [-0.25, -0.2) is 0 Å². The van der Waals surface area contributed by atoms with Crippen molar-refractivity contribution < 1.29 is 9.52 Å². The van der Waals surface area contributed by atoms with E-state index < -0.39 is 5.60 Å². The predicted octanol–water partition coefficient (Wildman–Crippen LogP) is 1.43. The molecule has 0 saturated carbocycles. The number of nitrogens with zero attached hydrogens (tertiary/aromatic N) is 1. The summed E-state index contributed by atoms with van der Waals surface area (Å²) in [4.78, 5) is 2.21. The number of nitrogens with two attached hydrogens (primary N) is 1. The fraction of sp³-hybridized carbons (Fsp3) is 0.692. The average molecular weight is 238 g/mol. The standard InChI is InChI=1S/C13H22N2O2/c1-9-4-5-11(17-9)12(10(2)14)15-7-6-13(3,16)8-15/h4-5,10,12,16H,6-8,14H2,1-3H3. The van der Waals surface area contributed by atoms with E-state index in [1.807, 2.05) is 32.9 Å². The maximum Gasteiger partial charge on any atom is 0.122 e. The summed E-state index contributed by atoms with van der Waals surface area (Å²) in [6.07, 6.45) is 0.788. The second-order valence-corrected chi connectivity index (χ2v) is 5.47. The molecular weight excluding hydrogens is 216 g/mol. The number of hydrogen-bond acceptors (Lipinski definition) is 4. The predicted molar refractivity (Wildman–Crippen MR) is 66.6 cm³/mol. The Morgan fingerprint density at radius 2 is 2.24 bits per heavy atom. The lowest BCUT2D eigenvalue weighted by Gasteiger charge is -2.29. The molecule has 1 aromatic heterocycles. The molecule has 3 N–H and O–H groups in total. The quantitative estimate of drug-likeness (QED) is 0.836. The summed E-state index contributed by atoms with van der Waals surface area (Å²) in [5.74, 6) is 1.80. The first-order valence-electron chi connectivity index (χ1n) is 6.17. The highest BCUT2D eigenvalue weighted by Gasteiger charge is 2.37. The summed E-state index contributed by atoms with van der Waals surface area (Å²) in [7, 11) is 0. The molecular formula is C13H22N2O2. The Hall–Kier alpha value is -0.840. The van der Waals surface area contributed by atoms with Crippen molar-refractivity contribution in [3.05, 3.63) is 23.7 Å². The van der Waals surface area contributed by atoms with Gasteiger partial charge >= 0.3 is 0 Å². The van der Waals surface area contributed by atoms with E-state index in [2.05, 4.69) is 4.90 Å². The van der Waals surface area contributed by atoms with Gasteiger partial charge in [0.2, 0.25) is 0 Å². The van der Waals surface area contributed by atoms with Gasteiger partial charge in [0.05, 0.1) is 11.6 Å². The van der Waals surface area contributed by atoms with E-state index >= 15 is 0 Å². The molecule has 4 heteroatoms. The number of likely N-dealkylation sites (tertiary alicyclic amines) is 1. The van der Waals surface area contributed by atoms with E-state index in [4.69, 9.17) is 10.2 Å². The van der Waals surface area contributed by atoms with E-state index in [9.17, 15) is 5.11 Å². The zero-order chi connectivity index (χ0) is 12.6. The van der Waals surface area contributed by atoms with E-state index in [0.29, 0.717) is 6.54 Å². The van der Waals surface area contributed by atoms with Crippen molar-refractivity contribution in [1.82, 2.24) is 4.90 Å². The molecule has 3 atom stereocenters. The molecule has 0 radical (unpaired) electrons. The zero-order valence-electron chi connectivity index (χ0n) is 10.8. The molecule has 4 nitrogen and oxygen atoms in total. The Morgan fingerprint density at radius 1 is 1.53 bits per heavy atom. The topological polar surface area (TPSA) is 62.6 Å². The Balaban J connectivity index is 2.19. The van der Waals surface area contributed by atoms with Gasteiger partial charge in [0.1, 0.15) is 11.5 Å². The Morgan fingerprint density at radius 3 is 2.65 bits per heavy atom. The lowest BCUT2D eigenvalue weighted by molar-refractivity contribution is 0.0576. The van der Waals surface area contributed by atoms with Crippen LogP contribution >= 0.6 is 0 Å². The molecule has 3 unspecified atom stereocenters. The lowest BCUT2D eigenvalue weighted by Crippen LogP contribution is -2.40. The third-order valence-electron chi connectivity index (χ3n) is 3.43. The third kappa shape index (κ3) is 2.70. The molecule has 0 aromatic carbocycles. The second-order valence-electron chi connectivity index (χ2n) is 5.47. The van der Waals surface area contributed by atoms with Crippen LogP contribution in [-0.4, -0.2) is 34.7 Å². The molecule has 0 aliphatic carbocycles. The van der Waals surface area contributed by atoms with Crippen LogP contribution in [0.3, 0.4) is 0 Å². The van der Waals surface area contributed by atoms with Crippen LogP contribution in [0.15, 0.2) is 16.5 Å². The number of aryl methyl sites for hydroxylation is 1. The van der Waals surface area contributed by atoms with Crippen LogP contribution in [0.1, 0.15) is 37.8 Å². The fourth-order valence-electron chi connectivity index (χ4n) is 2.60. The first kappa shape index (κ1) is 12.6. The lowest BCUT2D eigenvalue weighted by atomic mass is 10.1. The molecule has 96 valence electrons. The zero-order valence-corrected chi connectivity index (χ0v) is 10.8. The van der Waals surface area contributed by atoms with Gasteiger partial charge in [-0.15, -0.1) is 0 Å². The van der Waals surface area contributed by atoms with Gasteiger partial charge in [0.15, 0.2) is 0 Å². The minimum Gasteiger partial charge on any atom is -0.465 e. The highest BCUT2D eigenvalue weighted by Crippen LogP contribution is 2.32. The van der Waals surface area contributed by atoms with Gasteiger partial charge in [0.25, 0.3) is 0 Å². The first-order chi connectivity index (χ1) is 7.89. The largest absolute Gasteiger partial charge is 0.465 e. The Bertz CT molecular complexity index is 385. The summed E-state index contributed by atoms with van der Waals surface area (Å²) in [5.41, 5.74) is 5.46. The van der Waals surface area contributed by atoms with Gasteiger partial charge in [-0.3, -0.25) is 4.90 Å². The Kier molecular flexibility index (Phi) is 3.30. The maximum atomic E-state index is 10.0. The number of furan rings is 1. The molecule has 1 aromatic rings. The van der Waals surface area contributed by atoms with Gasteiger partial charge in [-0.2, -0.15) is 0 Å². The molecule has 17 heavy (non-hydrogen) atoms. The van der Waals surface area contributed by atoms with Crippen LogP contribution in [-0.2, 0) is 0 Å². The van der Waals surface area contributed by atoms with Crippen molar-refractivity contribution in [3.8, 4) is 0 Å². The van der Waals surface area contributed by atoms with E-state index in [1.54, 1.807) is 0 Å². The smallest absolute Gasteiger partial charge is 0.122 e. The van der Waals surface area contributed by atoms with Crippen LogP contribution in [0.2, 0.25) is 0 Å². The van der Waals surface area contributed by atoms with Crippen LogP contribution in [0, 0.1) is 6.92 Å². The molecule has 1 fully saturated rings. The molecule has 0 amide bonds. The van der Waals surface area contributed by atoms with Crippen LogP contribution in [0.5, 0.6) is 0 Å². The van der Waals surface area contributed by atoms with E-state index in [0.717, 1.165) is 24.5 Å². The number of β-amino-alcohol motifs (C(OH)–C–C–N with tert-alkyl or cyclic N) is 1. The van der Waals surface area contributed by atoms with Gasteiger partial charge in [0, 0.05) is 19.1 Å². The van der Waals surface area contributed by atoms with Crippen molar-refractivity contribution in [2.45, 2.75) is 44.9 Å². The summed E-state index contributed by atoms with van der Waals surface area (Å²) in [5, 5.41) is 10.0. The molecule has 1 saturated heterocycles. The highest BCUT2D eigenvalue weighted by molar-refractivity contribution is 5.13. The molecule has 2 heterocycles. The molecule has 2 rings (SSSR count). The van der Waals surface area contributed by atoms with Crippen molar-refractivity contribution in [1.29, 1.82) is 0 Å². The average Bonchev–Trinajstić information content (AvgIpc) is 2.73. The summed E-state index contributed by atoms with van der Waals surface area (Å²) in [6, 6.07) is 3.97. The molecule has 1 aliphatic heterocycles. The first-order valence-corrected chi connectivity index (χ1v) is 6.17. The highest BCUT2D eigenvalue weighted by atomic mass is 16.3. The van der Waals surface area contributed by atoms with Gasteiger partial charge in [-0.1, -0.05) is 0 Å². The fourth-order valence-corrected chi connectivity index (χ4v) is 2.60. The molecule has 0 bridgehead atoms. The molecule has 1 aliphatic rings. The maximum absolute atomic E-state index is 10.0. The number of aliphatic hydroxyl groups is 1. The summed E-state index contributed by atoms with van der Waals surface area (Å²) in [6.45, 7) is 7.30. The normalized spacial score (nSPS) is 29.5. The second kappa shape index (κ2) is 4.44.